The highest BCUT2D eigenvalue weighted by molar-refractivity contribution is 6.03. The second-order valence-electron chi connectivity index (χ2n) is 6.93. The molecule has 0 radical (unpaired) electrons. The molecule has 0 aliphatic carbocycles. The lowest BCUT2D eigenvalue weighted by molar-refractivity contribution is -0.116. The Morgan fingerprint density at radius 3 is 2.52 bits per heavy atom. The summed E-state index contributed by atoms with van der Waals surface area (Å²) in [5.74, 6) is -0.147. The van der Waals surface area contributed by atoms with E-state index >= 15 is 0 Å². The molecule has 1 heterocycles. The number of para-hydroxylation sites is 1. The average molecular weight is 366 g/mol. The maximum absolute atomic E-state index is 12.9. The monoisotopic (exact) mass is 366 g/mol. The molecule has 142 valence electrons. The van der Waals surface area contributed by atoms with Crippen LogP contribution in [-0.2, 0) is 11.2 Å². The van der Waals surface area contributed by atoms with Gasteiger partial charge < -0.3 is 20.9 Å². The largest absolute Gasteiger partial charge is 0.399 e. The van der Waals surface area contributed by atoms with Gasteiger partial charge in [0.1, 0.15) is 0 Å². The highest BCUT2D eigenvalue weighted by Gasteiger charge is 2.22. The number of piperazine rings is 1. The lowest BCUT2D eigenvalue weighted by atomic mass is 10.1. The molecule has 1 aliphatic rings. The average Bonchev–Trinajstić information content (AvgIpc) is 2.67. The van der Waals surface area contributed by atoms with Crippen molar-refractivity contribution in [2.75, 3.05) is 44.3 Å². The molecule has 0 atom stereocenters. The number of benzene rings is 2. The minimum Gasteiger partial charge on any atom is -0.399 e. The van der Waals surface area contributed by atoms with Crippen LogP contribution in [0.2, 0.25) is 0 Å². The van der Waals surface area contributed by atoms with Crippen LogP contribution < -0.4 is 11.1 Å². The summed E-state index contributed by atoms with van der Waals surface area (Å²) in [4.78, 5) is 29.3. The Balaban J connectivity index is 1.63. The molecule has 0 saturated carbocycles. The lowest BCUT2D eigenvalue weighted by Gasteiger charge is -2.32. The Labute approximate surface area is 159 Å². The Morgan fingerprint density at radius 2 is 1.78 bits per heavy atom. The number of nitrogens with zero attached hydrogens (tertiary/aromatic N) is 2. The summed E-state index contributed by atoms with van der Waals surface area (Å²) in [5.41, 5.74) is 8.60. The van der Waals surface area contributed by atoms with E-state index in [2.05, 4.69) is 17.3 Å². The van der Waals surface area contributed by atoms with Crippen LogP contribution in [0.4, 0.5) is 11.4 Å². The van der Waals surface area contributed by atoms with Crippen LogP contribution in [0.15, 0.2) is 48.5 Å². The fourth-order valence-electron chi connectivity index (χ4n) is 3.18. The Kier molecular flexibility index (Phi) is 6.08. The minimum atomic E-state index is -0.115. The van der Waals surface area contributed by atoms with E-state index in [1.165, 1.54) is 0 Å². The van der Waals surface area contributed by atoms with Crippen LogP contribution in [-0.4, -0.2) is 54.8 Å². The zero-order valence-electron chi connectivity index (χ0n) is 15.6. The molecule has 2 aromatic rings. The van der Waals surface area contributed by atoms with Gasteiger partial charge in [-0.25, -0.2) is 0 Å². The van der Waals surface area contributed by atoms with Crippen molar-refractivity contribution in [1.82, 2.24) is 9.80 Å². The summed E-state index contributed by atoms with van der Waals surface area (Å²) >= 11 is 0. The first-order chi connectivity index (χ1) is 13.0. The smallest absolute Gasteiger partial charge is 0.256 e. The number of aryl methyl sites for hydroxylation is 1. The summed E-state index contributed by atoms with van der Waals surface area (Å²) in [5, 5.41) is 2.90. The molecule has 0 unspecified atom stereocenters. The third-order valence-corrected chi connectivity index (χ3v) is 4.81. The maximum Gasteiger partial charge on any atom is 0.256 e. The predicted molar refractivity (Wildman–Crippen MR) is 108 cm³/mol. The third-order valence-electron chi connectivity index (χ3n) is 4.81. The van der Waals surface area contributed by atoms with Gasteiger partial charge in [-0.05, 0) is 43.3 Å². The van der Waals surface area contributed by atoms with Gasteiger partial charge in [-0.3, -0.25) is 9.59 Å². The zero-order valence-corrected chi connectivity index (χ0v) is 15.6. The van der Waals surface area contributed by atoms with Gasteiger partial charge in [0, 0.05) is 38.3 Å². The maximum atomic E-state index is 12.9. The lowest BCUT2D eigenvalue weighted by Crippen LogP contribution is -2.47. The molecule has 0 bridgehead atoms. The van der Waals surface area contributed by atoms with Crippen LogP contribution in [0, 0.1) is 0 Å². The SMILES string of the molecule is CN1CCN(C(=O)c2ccccc2NC(=O)CCc2cccc(N)c2)CC1. The first-order valence-electron chi connectivity index (χ1n) is 9.24. The molecule has 2 aromatic carbocycles. The van der Waals surface area contributed by atoms with E-state index in [0.717, 1.165) is 18.7 Å². The van der Waals surface area contributed by atoms with Crippen molar-refractivity contribution in [2.24, 2.45) is 0 Å². The number of nitrogen functional groups attached to an aromatic ring is 1. The molecule has 3 rings (SSSR count). The Morgan fingerprint density at radius 1 is 1.04 bits per heavy atom. The van der Waals surface area contributed by atoms with E-state index in [4.69, 9.17) is 5.73 Å². The molecular weight excluding hydrogens is 340 g/mol. The van der Waals surface area contributed by atoms with Crippen molar-refractivity contribution in [3.8, 4) is 0 Å². The topological polar surface area (TPSA) is 78.7 Å². The number of hydrogen-bond acceptors (Lipinski definition) is 4. The first-order valence-corrected chi connectivity index (χ1v) is 9.24. The highest BCUT2D eigenvalue weighted by atomic mass is 16.2. The molecule has 1 saturated heterocycles. The molecule has 0 spiro atoms. The fraction of sp³-hybridized carbons (Fsp3) is 0.333. The van der Waals surface area contributed by atoms with Crippen LogP contribution >= 0.6 is 0 Å². The molecule has 1 fully saturated rings. The summed E-state index contributed by atoms with van der Waals surface area (Å²) in [6, 6.07) is 14.7. The molecule has 6 heteroatoms. The number of carbonyl (C=O) groups is 2. The summed E-state index contributed by atoms with van der Waals surface area (Å²) in [7, 11) is 2.05. The molecule has 0 aromatic heterocycles. The molecule has 1 aliphatic heterocycles. The summed E-state index contributed by atoms with van der Waals surface area (Å²) < 4.78 is 0. The van der Waals surface area contributed by atoms with Crippen molar-refractivity contribution in [2.45, 2.75) is 12.8 Å². The van der Waals surface area contributed by atoms with Crippen molar-refractivity contribution in [3.63, 3.8) is 0 Å². The van der Waals surface area contributed by atoms with Crippen molar-refractivity contribution in [3.05, 3.63) is 59.7 Å². The van der Waals surface area contributed by atoms with Crippen molar-refractivity contribution in [1.29, 1.82) is 0 Å². The van der Waals surface area contributed by atoms with Gasteiger partial charge in [-0.15, -0.1) is 0 Å². The van der Waals surface area contributed by atoms with Crippen molar-refractivity contribution < 1.29 is 9.59 Å². The zero-order chi connectivity index (χ0) is 19.2. The molecular formula is C21H26N4O2. The number of rotatable bonds is 5. The van der Waals surface area contributed by atoms with Crippen LogP contribution in [0.25, 0.3) is 0 Å². The Bertz CT molecular complexity index is 813. The van der Waals surface area contributed by atoms with Gasteiger partial charge in [0.2, 0.25) is 5.91 Å². The normalized spacial score (nSPS) is 14.8. The summed E-state index contributed by atoms with van der Waals surface area (Å²) in [6.07, 6.45) is 0.936. The number of nitrogens with two attached hydrogens (primary N) is 1. The second kappa shape index (κ2) is 8.68. The van der Waals surface area contributed by atoms with E-state index in [9.17, 15) is 9.59 Å². The van der Waals surface area contributed by atoms with Gasteiger partial charge in [0.25, 0.3) is 5.91 Å². The van der Waals surface area contributed by atoms with Gasteiger partial charge in [0.15, 0.2) is 0 Å². The quantitative estimate of drug-likeness (QED) is 0.796. The van der Waals surface area contributed by atoms with Crippen LogP contribution in [0.3, 0.4) is 0 Å². The van der Waals surface area contributed by atoms with Gasteiger partial charge in [-0.1, -0.05) is 24.3 Å². The van der Waals surface area contributed by atoms with E-state index < -0.39 is 0 Å². The van der Waals surface area contributed by atoms with Gasteiger partial charge in [0.05, 0.1) is 11.3 Å². The highest BCUT2D eigenvalue weighted by Crippen LogP contribution is 2.19. The molecule has 3 N–H and O–H groups in total. The fourth-order valence-corrected chi connectivity index (χ4v) is 3.18. The van der Waals surface area contributed by atoms with E-state index in [0.29, 0.717) is 42.9 Å². The number of likely N-dealkylation sites (N-methyl/N-ethyl adjacent to an activating group) is 1. The molecule has 27 heavy (non-hydrogen) atoms. The van der Waals surface area contributed by atoms with Gasteiger partial charge in [-0.2, -0.15) is 0 Å². The predicted octanol–water partition coefficient (Wildman–Crippen LogP) is 2.23. The number of amides is 2. The van der Waals surface area contributed by atoms with E-state index in [1.54, 1.807) is 12.1 Å². The van der Waals surface area contributed by atoms with Gasteiger partial charge >= 0.3 is 0 Å². The van der Waals surface area contributed by atoms with Crippen molar-refractivity contribution >= 4 is 23.2 Å². The second-order valence-corrected chi connectivity index (χ2v) is 6.93. The number of hydrogen-bond donors (Lipinski definition) is 2. The van der Waals surface area contributed by atoms with E-state index in [1.807, 2.05) is 41.3 Å². The number of anilines is 2. The molecule has 2 amide bonds. The standard InChI is InChI=1S/C21H26N4O2/c1-24-11-13-25(14-12-24)21(27)18-7-2-3-8-19(18)23-20(26)10-9-16-5-4-6-17(22)15-16/h2-8,15H,9-14,22H2,1H3,(H,23,26). The number of nitrogens with one attached hydrogen (secondary N) is 1. The Hall–Kier alpha value is -2.86. The number of carbonyl (C=O) groups excluding carboxylic acids is 2. The minimum absolute atomic E-state index is 0.0326. The molecule has 6 nitrogen and oxygen atoms in total. The first kappa shape index (κ1) is 18.9. The summed E-state index contributed by atoms with van der Waals surface area (Å²) in [6.45, 7) is 3.13. The van der Waals surface area contributed by atoms with Crippen LogP contribution in [0.5, 0.6) is 0 Å². The third kappa shape index (κ3) is 5.08. The van der Waals surface area contributed by atoms with E-state index in [-0.39, 0.29) is 11.8 Å². The van der Waals surface area contributed by atoms with Crippen LogP contribution in [0.1, 0.15) is 22.3 Å².